The molecule has 0 aliphatic carbocycles. The molecule has 0 fully saturated rings. The summed E-state index contributed by atoms with van der Waals surface area (Å²) in [5.41, 5.74) is 3.30. The van der Waals surface area contributed by atoms with Crippen LogP contribution in [0.1, 0.15) is 34.3 Å². The van der Waals surface area contributed by atoms with Crippen LogP contribution in [0.5, 0.6) is 0 Å². The maximum atomic E-state index is 12.7. The molecule has 2 aromatic rings. The molecule has 9 heteroatoms. The zero-order valence-electron chi connectivity index (χ0n) is 16.8. The lowest BCUT2D eigenvalue weighted by Crippen LogP contribution is -2.35. The van der Waals surface area contributed by atoms with E-state index in [1.807, 2.05) is 18.2 Å². The molecular formula is C21H22N2O7. The number of methoxy groups -OCH3 is 2. The van der Waals surface area contributed by atoms with Gasteiger partial charge in [0, 0.05) is 12.6 Å². The smallest absolute Gasteiger partial charge is 0.338 e. The number of ether oxygens (including phenoxy) is 2. The Labute approximate surface area is 173 Å². The Morgan fingerprint density at radius 1 is 0.967 bits per heavy atom. The Morgan fingerprint density at radius 3 is 2.27 bits per heavy atom. The highest BCUT2D eigenvalue weighted by Crippen LogP contribution is 2.26. The summed E-state index contributed by atoms with van der Waals surface area (Å²) in [4.78, 5) is 53.8. The van der Waals surface area contributed by atoms with Crippen molar-refractivity contribution in [2.24, 2.45) is 0 Å². The number of benzene rings is 2. The third-order valence-corrected chi connectivity index (χ3v) is 4.04. The molecule has 0 saturated heterocycles. The molecule has 9 nitrogen and oxygen atoms in total. The summed E-state index contributed by atoms with van der Waals surface area (Å²) >= 11 is 0. The molecule has 0 bridgehead atoms. The minimum absolute atomic E-state index is 0.0450. The third kappa shape index (κ3) is 5.89. The van der Waals surface area contributed by atoms with Gasteiger partial charge in [-0.25, -0.2) is 10.3 Å². The van der Waals surface area contributed by atoms with E-state index in [1.54, 1.807) is 12.1 Å². The fourth-order valence-corrected chi connectivity index (χ4v) is 2.69. The molecule has 0 aromatic heterocycles. The Bertz CT molecular complexity index is 928. The van der Waals surface area contributed by atoms with Gasteiger partial charge >= 0.3 is 11.9 Å². The highest BCUT2D eigenvalue weighted by Gasteiger charge is 2.34. The van der Waals surface area contributed by atoms with Crippen LogP contribution in [0.3, 0.4) is 0 Å². The average Bonchev–Trinajstić information content (AvgIpc) is 2.74. The lowest BCUT2D eigenvalue weighted by atomic mass is 9.93. The molecule has 2 N–H and O–H groups in total. The van der Waals surface area contributed by atoms with E-state index >= 15 is 0 Å². The maximum absolute atomic E-state index is 12.7. The second kappa shape index (κ2) is 10.7. The van der Waals surface area contributed by atoms with Gasteiger partial charge < -0.3 is 14.8 Å². The van der Waals surface area contributed by atoms with Crippen LogP contribution in [0.4, 0.5) is 5.69 Å². The van der Waals surface area contributed by atoms with Gasteiger partial charge in [-0.05, 0) is 23.3 Å². The fraction of sp³-hybridized carbons (Fsp3) is 0.238. The van der Waals surface area contributed by atoms with Crippen molar-refractivity contribution in [1.82, 2.24) is 5.48 Å². The molecule has 0 radical (unpaired) electrons. The highest BCUT2D eigenvalue weighted by atomic mass is 16.7. The van der Waals surface area contributed by atoms with Crippen LogP contribution in [0.25, 0.3) is 0 Å². The van der Waals surface area contributed by atoms with E-state index in [-0.39, 0.29) is 23.6 Å². The standard InChI is InChI=1S/C21H22N2O7/c1-13(24)22-15-9-10-16(17(11-15)20(26)28-2)18(21(27)29-3)19(25)23-30-12-14-7-5-4-6-8-14/h4-11,18H,12H2,1-3H3,(H,22,24)(H,23,25). The summed E-state index contributed by atoms with van der Waals surface area (Å²) in [6, 6.07) is 13.2. The van der Waals surface area contributed by atoms with Crippen LogP contribution in [0.2, 0.25) is 0 Å². The van der Waals surface area contributed by atoms with Crippen molar-refractivity contribution in [3.63, 3.8) is 0 Å². The fourth-order valence-electron chi connectivity index (χ4n) is 2.69. The van der Waals surface area contributed by atoms with E-state index in [0.29, 0.717) is 5.69 Å². The number of carbonyl (C=O) groups is 4. The minimum Gasteiger partial charge on any atom is -0.468 e. The van der Waals surface area contributed by atoms with Crippen molar-refractivity contribution in [2.45, 2.75) is 19.4 Å². The van der Waals surface area contributed by atoms with Gasteiger partial charge in [-0.2, -0.15) is 0 Å². The van der Waals surface area contributed by atoms with Crippen molar-refractivity contribution >= 4 is 29.4 Å². The summed E-state index contributed by atoms with van der Waals surface area (Å²) in [7, 11) is 2.28. The van der Waals surface area contributed by atoms with Gasteiger partial charge in [0.25, 0.3) is 5.91 Å². The monoisotopic (exact) mass is 414 g/mol. The van der Waals surface area contributed by atoms with Crippen LogP contribution < -0.4 is 10.8 Å². The molecule has 0 saturated carbocycles. The first-order chi connectivity index (χ1) is 14.4. The van der Waals surface area contributed by atoms with E-state index in [1.165, 1.54) is 25.1 Å². The van der Waals surface area contributed by atoms with Gasteiger partial charge in [-0.1, -0.05) is 36.4 Å². The van der Waals surface area contributed by atoms with Crippen LogP contribution in [-0.2, 0) is 35.3 Å². The molecule has 0 aliphatic heterocycles. The Kier molecular flexibility index (Phi) is 8.07. The number of anilines is 1. The van der Waals surface area contributed by atoms with Gasteiger partial charge in [0.05, 0.1) is 26.4 Å². The number of hydrogen-bond donors (Lipinski definition) is 2. The van der Waals surface area contributed by atoms with E-state index in [0.717, 1.165) is 19.8 Å². The summed E-state index contributed by atoms with van der Waals surface area (Å²) in [6.45, 7) is 1.38. The first-order valence-electron chi connectivity index (χ1n) is 8.90. The number of carbonyl (C=O) groups excluding carboxylic acids is 4. The van der Waals surface area contributed by atoms with Crippen LogP contribution >= 0.6 is 0 Å². The first-order valence-corrected chi connectivity index (χ1v) is 8.90. The van der Waals surface area contributed by atoms with Gasteiger partial charge in [-0.15, -0.1) is 0 Å². The predicted molar refractivity (Wildman–Crippen MR) is 106 cm³/mol. The van der Waals surface area contributed by atoms with E-state index < -0.39 is 23.8 Å². The molecule has 0 heterocycles. The zero-order valence-corrected chi connectivity index (χ0v) is 16.8. The predicted octanol–water partition coefficient (Wildman–Crippen LogP) is 1.94. The number of hydrogen-bond acceptors (Lipinski definition) is 7. The molecule has 2 amide bonds. The molecular weight excluding hydrogens is 392 g/mol. The molecule has 158 valence electrons. The van der Waals surface area contributed by atoms with E-state index in [4.69, 9.17) is 14.3 Å². The van der Waals surface area contributed by atoms with E-state index in [9.17, 15) is 19.2 Å². The van der Waals surface area contributed by atoms with Crippen molar-refractivity contribution in [2.75, 3.05) is 19.5 Å². The number of amides is 2. The van der Waals surface area contributed by atoms with Crippen molar-refractivity contribution in [3.8, 4) is 0 Å². The lowest BCUT2D eigenvalue weighted by Gasteiger charge is -2.18. The second-order valence-electron chi connectivity index (χ2n) is 6.17. The van der Waals surface area contributed by atoms with Crippen LogP contribution in [0, 0.1) is 0 Å². The first kappa shape index (κ1) is 22.6. The molecule has 2 aromatic carbocycles. The molecule has 0 spiro atoms. The molecule has 0 aliphatic rings. The number of nitrogens with one attached hydrogen (secondary N) is 2. The summed E-state index contributed by atoms with van der Waals surface area (Å²) < 4.78 is 9.49. The largest absolute Gasteiger partial charge is 0.468 e. The van der Waals surface area contributed by atoms with Gasteiger partial charge in [-0.3, -0.25) is 19.2 Å². The van der Waals surface area contributed by atoms with Crippen LogP contribution in [0.15, 0.2) is 48.5 Å². The number of esters is 2. The van der Waals surface area contributed by atoms with Crippen molar-refractivity contribution < 1.29 is 33.5 Å². The Hall–Kier alpha value is -3.72. The average molecular weight is 414 g/mol. The Morgan fingerprint density at radius 2 is 1.67 bits per heavy atom. The molecule has 1 unspecified atom stereocenters. The summed E-state index contributed by atoms with van der Waals surface area (Å²) in [5.74, 6) is -4.35. The van der Waals surface area contributed by atoms with Crippen LogP contribution in [-0.4, -0.2) is 38.0 Å². The van der Waals surface area contributed by atoms with E-state index in [2.05, 4.69) is 10.8 Å². The lowest BCUT2D eigenvalue weighted by molar-refractivity contribution is -0.150. The van der Waals surface area contributed by atoms with Gasteiger partial charge in [0.15, 0.2) is 5.92 Å². The van der Waals surface area contributed by atoms with Crippen molar-refractivity contribution in [3.05, 3.63) is 65.2 Å². The maximum Gasteiger partial charge on any atom is 0.338 e. The van der Waals surface area contributed by atoms with Crippen molar-refractivity contribution in [1.29, 1.82) is 0 Å². The molecule has 30 heavy (non-hydrogen) atoms. The Balaban J connectivity index is 2.30. The quantitative estimate of drug-likeness (QED) is 0.385. The molecule has 1 atom stereocenters. The van der Waals surface area contributed by atoms with Gasteiger partial charge in [0.1, 0.15) is 0 Å². The highest BCUT2D eigenvalue weighted by molar-refractivity contribution is 6.06. The topological polar surface area (TPSA) is 120 Å². The third-order valence-electron chi connectivity index (χ3n) is 4.04. The second-order valence-corrected chi connectivity index (χ2v) is 6.17. The zero-order chi connectivity index (χ0) is 22.1. The van der Waals surface area contributed by atoms with Gasteiger partial charge in [0.2, 0.25) is 5.91 Å². The summed E-state index contributed by atoms with van der Waals surface area (Å²) in [5, 5.41) is 2.53. The summed E-state index contributed by atoms with van der Waals surface area (Å²) in [6.07, 6.45) is 0. The number of hydroxylamine groups is 1. The SMILES string of the molecule is COC(=O)c1cc(NC(C)=O)ccc1C(C(=O)NOCc1ccccc1)C(=O)OC. The number of rotatable bonds is 8. The molecule has 2 rings (SSSR count). The minimum atomic E-state index is -1.49. The normalized spacial score (nSPS) is 11.2.